The molecule has 88 heavy (non-hydrogen) atoms. The molecular weight excluding hydrogens is 1220 g/mol. The number of carbonyl (C=O) groups excluding carboxylic acids is 6. The lowest BCUT2D eigenvalue weighted by atomic mass is 9.90. The predicted octanol–water partition coefficient (Wildman–Crippen LogP) is 12.0. The van der Waals surface area contributed by atoms with Gasteiger partial charge in [0.05, 0.1) is 43.6 Å². The van der Waals surface area contributed by atoms with Crippen molar-refractivity contribution in [3.05, 3.63) is 141 Å². The zero-order valence-electron chi connectivity index (χ0n) is 48.2. The van der Waals surface area contributed by atoms with E-state index >= 15 is 0 Å². The molecule has 0 bridgehead atoms. The zero-order chi connectivity index (χ0) is 63.7. The molecule has 2 fully saturated rings. The van der Waals surface area contributed by atoms with E-state index in [2.05, 4.69) is 31.8 Å². The van der Waals surface area contributed by atoms with Crippen molar-refractivity contribution in [2.45, 2.75) is 133 Å². The number of esters is 6. The van der Waals surface area contributed by atoms with Gasteiger partial charge in [-0.05, 0) is 66.2 Å². The maximum atomic E-state index is 13.9. The fourth-order valence-electron chi connectivity index (χ4n) is 8.38. The van der Waals surface area contributed by atoms with Crippen molar-refractivity contribution < 1.29 is 93.0 Å². The Morgan fingerprint density at radius 3 is 1.55 bits per heavy atom. The van der Waals surface area contributed by atoms with Gasteiger partial charge in [0.1, 0.15) is 56.2 Å². The molecule has 2 saturated heterocycles. The van der Waals surface area contributed by atoms with Crippen LogP contribution in [0.4, 0.5) is 26.3 Å². The van der Waals surface area contributed by atoms with Gasteiger partial charge in [0.15, 0.2) is 41.0 Å². The third kappa shape index (κ3) is 21.2. The van der Waals surface area contributed by atoms with Crippen LogP contribution in [0.5, 0.6) is 0 Å². The molecule has 3 heterocycles. The van der Waals surface area contributed by atoms with E-state index in [0.29, 0.717) is 16.0 Å². The number of aromatic nitrogens is 3. The van der Waals surface area contributed by atoms with Crippen LogP contribution in [0.1, 0.15) is 88.7 Å². The Morgan fingerprint density at radius 1 is 0.670 bits per heavy atom. The van der Waals surface area contributed by atoms with Crippen molar-refractivity contribution in [2.75, 3.05) is 27.4 Å². The summed E-state index contributed by atoms with van der Waals surface area (Å²) in [5.74, 6) is -9.69. The maximum absolute atomic E-state index is 13.9. The highest BCUT2D eigenvalue weighted by atomic mass is 32.2. The van der Waals surface area contributed by atoms with E-state index in [1.54, 1.807) is 55.5 Å². The van der Waals surface area contributed by atoms with Crippen molar-refractivity contribution in [1.82, 2.24) is 15.0 Å². The first-order valence-corrected chi connectivity index (χ1v) is 31.2. The van der Waals surface area contributed by atoms with E-state index < -0.39 is 132 Å². The average Bonchev–Trinajstić information content (AvgIpc) is 1.37. The van der Waals surface area contributed by atoms with Crippen LogP contribution in [-0.2, 0) is 57.1 Å². The van der Waals surface area contributed by atoms with Crippen molar-refractivity contribution in [1.29, 1.82) is 0 Å². The van der Waals surface area contributed by atoms with Crippen LogP contribution in [0.25, 0.3) is 21.7 Å². The predicted molar refractivity (Wildman–Crippen MR) is 315 cm³/mol. The number of halogens is 6. The van der Waals surface area contributed by atoms with Crippen LogP contribution >= 0.6 is 23.5 Å². The van der Waals surface area contributed by atoms with Crippen molar-refractivity contribution in [2.24, 2.45) is 17.0 Å². The molecular formula is C59H68F6N6O14S2Si. The van der Waals surface area contributed by atoms with Gasteiger partial charge in [0.2, 0.25) is 0 Å². The number of carbonyl (C=O) groups is 6. The average molecular weight is 1290 g/mol. The Morgan fingerprint density at radius 2 is 1.11 bits per heavy atom. The number of ether oxygens (including phenoxy) is 8. The maximum Gasteiger partial charge on any atom is 0.337 e. The monoisotopic (exact) mass is 1290 g/mol. The van der Waals surface area contributed by atoms with E-state index in [1.807, 2.05) is 26.6 Å². The van der Waals surface area contributed by atoms with Gasteiger partial charge in [-0.3, -0.25) is 19.2 Å². The number of benzene rings is 4. The van der Waals surface area contributed by atoms with E-state index in [-0.39, 0.29) is 50.8 Å². The van der Waals surface area contributed by atoms with Gasteiger partial charge in [-0.15, -0.1) is 10.6 Å². The second kappa shape index (κ2) is 34.0. The zero-order valence-corrected chi connectivity index (χ0v) is 50.8. The van der Waals surface area contributed by atoms with Crippen molar-refractivity contribution in [3.63, 3.8) is 0 Å². The highest BCUT2D eigenvalue weighted by Crippen LogP contribution is 2.44. The molecule has 2 aliphatic rings. The van der Waals surface area contributed by atoms with Gasteiger partial charge in [0.25, 0.3) is 0 Å². The van der Waals surface area contributed by atoms with Crippen LogP contribution in [0, 0.1) is 58.2 Å². The molecule has 5 aromatic rings. The first-order valence-electron chi connectivity index (χ1n) is 25.9. The summed E-state index contributed by atoms with van der Waals surface area (Å²) >= 11 is 2.58. The first kappa shape index (κ1) is 74.4. The molecule has 0 aliphatic carbocycles. The van der Waals surface area contributed by atoms with Gasteiger partial charge in [0, 0.05) is 65.4 Å². The summed E-state index contributed by atoms with van der Waals surface area (Å²) in [6, 6.07) is 15.4. The van der Waals surface area contributed by atoms with Gasteiger partial charge in [-0.25, -0.2) is 40.6 Å². The quantitative estimate of drug-likeness (QED) is 0.0109. The summed E-state index contributed by atoms with van der Waals surface area (Å²) in [7, 11) is 0.984. The first-order chi connectivity index (χ1) is 40.5. The highest BCUT2D eigenvalue weighted by molar-refractivity contribution is 8.00. The summed E-state index contributed by atoms with van der Waals surface area (Å²) in [6.07, 6.45) is -2.32. The number of hydrogen-bond acceptors (Lipinski definition) is 19. The minimum absolute atomic E-state index is 0. The molecule has 20 nitrogen and oxygen atoms in total. The molecule has 10 atom stereocenters. The topological polar surface area (TPSA) is 256 Å². The SMILES string of the molecule is C.C.COC(=O)c1cccc(S[C@H]2OC(COC(C)=O)[C@H](OC(C)=O)[C@H](N=[N+]=[N-])C2C)c1.COC(=O)c1cccc(S[C@H]2OC(COC(C)=O)[C@H](OC(C)=O)[C@H](n3cc(-c4cc(F)c(F)c(F)c4)nn3)C2C)c1.C[Si](C)(C)C#Cc1cc(F)c(F)c(F)c1. The van der Waals surface area contributed by atoms with E-state index in [0.717, 1.165) is 29.2 Å². The van der Waals surface area contributed by atoms with Gasteiger partial charge in [-0.2, -0.15) is 0 Å². The molecule has 1 aromatic heterocycles. The Labute approximate surface area is 514 Å². The summed E-state index contributed by atoms with van der Waals surface area (Å²) in [6.45, 7) is 14.1. The summed E-state index contributed by atoms with van der Waals surface area (Å²) in [5, 5.41) is 12.0. The van der Waals surface area contributed by atoms with Crippen LogP contribution in [0.2, 0.25) is 19.6 Å². The lowest BCUT2D eigenvalue weighted by Gasteiger charge is -2.44. The number of hydrogen-bond donors (Lipinski definition) is 0. The smallest absolute Gasteiger partial charge is 0.337 e. The molecule has 7 rings (SSSR count). The van der Waals surface area contributed by atoms with E-state index in [1.165, 1.54) is 76.3 Å². The number of rotatable bonds is 15. The lowest BCUT2D eigenvalue weighted by Crippen LogP contribution is -2.55. The molecule has 2 aliphatic heterocycles. The number of thioether (sulfide) groups is 2. The minimum atomic E-state index is -1.61. The third-order valence-electron chi connectivity index (χ3n) is 12.3. The lowest BCUT2D eigenvalue weighted by molar-refractivity contribution is -0.191. The van der Waals surface area contributed by atoms with Crippen LogP contribution in [0.3, 0.4) is 0 Å². The largest absolute Gasteiger partial charge is 0.465 e. The molecule has 0 saturated carbocycles. The number of azide groups is 1. The second-order valence-corrected chi connectivity index (χ2v) is 27.2. The molecule has 476 valence electrons. The van der Waals surface area contributed by atoms with E-state index in [9.17, 15) is 55.1 Å². The van der Waals surface area contributed by atoms with Crippen LogP contribution in [0.15, 0.2) is 93.9 Å². The molecule has 4 unspecified atom stereocenters. The Balaban J connectivity index is 0.000000377. The van der Waals surface area contributed by atoms with Crippen molar-refractivity contribution in [3.8, 4) is 22.7 Å². The van der Waals surface area contributed by atoms with Gasteiger partial charge < -0.3 is 37.9 Å². The van der Waals surface area contributed by atoms with E-state index in [4.69, 9.17) is 43.4 Å². The van der Waals surface area contributed by atoms with Gasteiger partial charge >= 0.3 is 35.8 Å². The number of nitrogens with zero attached hydrogens (tertiary/aromatic N) is 6. The standard InChI is InChI=1S/C27H26F3N3O7S.C19H23N3O7S.C11H11F3Si.2CH4/c1-13-24(33-11-21(31-32-33)17-9-19(28)23(30)20(29)10-17)25(39-15(3)35)22(12-38-14(2)34)40-27(13)41-18-7-5-6-16(8-18)26(36)37-4;1-10-16(21-22-20)17(28-12(3)24)15(9-27-11(2)23)29-19(10)30-14-7-5-6-13(8-14)18(25)26-4;1-15(2,3)5-4-8-6-9(12)11(14)10(13)7-8;;/h5-11,13,22,24-25,27H,12H2,1-4H3;5-8,10,15-17,19H,9H2,1-4H3;6-7H,1-3H3;2*1H4/t13?,22?,24-,25+,27-;10?,15?,16-,17+,19-;;;/m11.../s1. The fourth-order valence-corrected chi connectivity index (χ4v) is 11.3. The molecule has 4 aromatic carbocycles. The van der Waals surface area contributed by atoms with Crippen LogP contribution < -0.4 is 0 Å². The molecule has 0 amide bonds. The summed E-state index contributed by atoms with van der Waals surface area (Å²) < 4.78 is 124. The Hall–Kier alpha value is -7.87. The van der Waals surface area contributed by atoms with Gasteiger partial charge in [-0.1, -0.05) is 100 Å². The highest BCUT2D eigenvalue weighted by Gasteiger charge is 2.49. The summed E-state index contributed by atoms with van der Waals surface area (Å²) in [5.41, 5.74) is 11.7. The molecule has 0 N–H and O–H groups in total. The minimum Gasteiger partial charge on any atom is -0.465 e. The second-order valence-electron chi connectivity index (χ2n) is 20.1. The Bertz CT molecular complexity index is 3350. The fraction of sp³-hybridized carbons (Fsp3) is 0.424. The summed E-state index contributed by atoms with van der Waals surface area (Å²) in [4.78, 5) is 74.7. The van der Waals surface area contributed by atoms with Crippen molar-refractivity contribution >= 4 is 67.4 Å². The van der Waals surface area contributed by atoms with Crippen LogP contribution in [-0.4, -0.2) is 128 Å². The normalized spacial score (nSPS) is 20.9. The molecule has 0 spiro atoms. The third-order valence-corrected chi connectivity index (χ3v) is 15.8. The molecule has 29 heteroatoms. The Kier molecular flexibility index (Phi) is 28.8. The molecule has 0 radical (unpaired) electrons. The number of methoxy groups -OCH3 is 2.